The number of hydrogen-bond donors (Lipinski definition) is 0. The molecule has 0 saturated heterocycles. The van der Waals surface area contributed by atoms with Crippen LogP contribution in [0.3, 0.4) is 0 Å². The van der Waals surface area contributed by atoms with Crippen LogP contribution in [-0.4, -0.2) is 82.3 Å². The summed E-state index contributed by atoms with van der Waals surface area (Å²) in [6.45, 7) is 4.55. The van der Waals surface area contributed by atoms with Gasteiger partial charge in [0.1, 0.15) is 13.2 Å². The largest absolute Gasteiger partial charge is 0.545 e. The molecule has 2 atom stereocenters. The van der Waals surface area contributed by atoms with Gasteiger partial charge >= 0.3 is 11.9 Å². The number of quaternary nitrogens is 1. The van der Waals surface area contributed by atoms with E-state index in [1.165, 1.54) is 205 Å². The quantitative estimate of drug-likeness (QED) is 0.0195. The molecule has 0 heterocycles. The molecule has 0 spiro atoms. The third kappa shape index (κ3) is 74.9. The van der Waals surface area contributed by atoms with E-state index in [0.717, 1.165) is 96.3 Å². The molecule has 0 N–H and O–H groups in total. The van der Waals surface area contributed by atoms with Crippen LogP contribution in [0, 0.1) is 0 Å². The van der Waals surface area contributed by atoms with E-state index in [9.17, 15) is 19.5 Å². The maximum Gasteiger partial charge on any atom is 0.306 e. The first-order chi connectivity index (χ1) is 45.6. The first-order valence-corrected chi connectivity index (χ1v) is 38.7. The van der Waals surface area contributed by atoms with Crippen molar-refractivity contribution >= 4 is 17.9 Å². The summed E-state index contributed by atoms with van der Waals surface area (Å²) in [5.74, 6) is -2.27. The Balaban J connectivity index is 4.00. The Hall–Kier alpha value is -4.31. The summed E-state index contributed by atoms with van der Waals surface area (Å²) < 4.78 is 22.8. The Morgan fingerprint density at radius 3 is 0.860 bits per heavy atom. The molecule has 9 nitrogen and oxygen atoms in total. The van der Waals surface area contributed by atoms with E-state index >= 15 is 0 Å². The normalized spacial score (nSPS) is 13.3. The fourth-order valence-corrected chi connectivity index (χ4v) is 10.9. The van der Waals surface area contributed by atoms with Gasteiger partial charge in [0, 0.05) is 12.8 Å². The van der Waals surface area contributed by atoms with Gasteiger partial charge in [-0.05, 0) is 103 Å². The number of nitrogens with zero attached hydrogens (tertiary/aromatic N) is 1. The molecule has 0 rings (SSSR count). The predicted molar refractivity (Wildman–Crippen MR) is 398 cm³/mol. The van der Waals surface area contributed by atoms with Crippen LogP contribution >= 0.6 is 0 Å². The van der Waals surface area contributed by atoms with Crippen LogP contribution in [0.5, 0.6) is 0 Å². The fourth-order valence-electron chi connectivity index (χ4n) is 10.9. The standard InChI is InChI=1S/C84H145NO8/c1-6-8-10-12-14-16-18-20-22-24-26-28-30-32-34-35-36-37-38-39-40-41-42-43-44-45-46-47-49-51-53-55-57-59-61-63-65-67-69-71-73-75-82(87)93-80(79-92-84(83(88)89)90-77-76-85(3,4)5)78-91-81(86)74-72-70-68-66-64-62-60-58-56-54-52-50-48-33-31-29-27-25-23-21-19-17-15-13-11-9-7-2/h8-11,14-17,20-23,26-29,32-34,48,80,84H,6-7,12-13,18-19,24-25,30-31,35-47,49-79H2,1-5H3/b10-8-,11-9-,16-14-,17-15-,22-20-,23-21-,28-26-,29-27-,34-32-,48-33-. The number of carboxylic acid groups (broad SMARTS) is 1. The lowest BCUT2D eigenvalue weighted by Crippen LogP contribution is -2.44. The van der Waals surface area contributed by atoms with E-state index in [1.54, 1.807) is 0 Å². The minimum absolute atomic E-state index is 0.145. The number of carboxylic acids is 1. The zero-order valence-corrected chi connectivity index (χ0v) is 61.1. The zero-order chi connectivity index (χ0) is 67.5. The van der Waals surface area contributed by atoms with Gasteiger partial charge in [-0.1, -0.05) is 341 Å². The fraction of sp³-hybridized carbons (Fsp3) is 0.726. The highest BCUT2D eigenvalue weighted by molar-refractivity contribution is 5.70. The summed E-state index contributed by atoms with van der Waals surface area (Å²) in [5.41, 5.74) is 0. The maximum absolute atomic E-state index is 13.0. The number of allylic oxidation sites excluding steroid dienone is 20. The third-order valence-corrected chi connectivity index (χ3v) is 16.7. The average Bonchev–Trinajstić information content (AvgIpc) is 3.38. The molecule has 0 aliphatic carbocycles. The molecule has 0 aromatic rings. The molecule has 93 heavy (non-hydrogen) atoms. The van der Waals surface area contributed by atoms with E-state index in [4.69, 9.17) is 18.9 Å². The van der Waals surface area contributed by atoms with Crippen LogP contribution in [0.15, 0.2) is 122 Å². The van der Waals surface area contributed by atoms with Gasteiger partial charge < -0.3 is 33.3 Å². The summed E-state index contributed by atoms with van der Waals surface area (Å²) in [7, 11) is 5.94. The van der Waals surface area contributed by atoms with E-state index in [0.29, 0.717) is 17.4 Å². The number of carbonyl (C=O) groups excluding carboxylic acids is 3. The second-order valence-corrected chi connectivity index (χ2v) is 26.9. The highest BCUT2D eigenvalue weighted by atomic mass is 16.7. The first kappa shape index (κ1) is 88.7. The van der Waals surface area contributed by atoms with Crippen molar-refractivity contribution in [1.82, 2.24) is 0 Å². The SMILES string of the molecule is CC/C=C\C/C=C\C/C=C\C/C=C\C/C=C\CCCCCCCCCCCCCCCCCCCCCCCCCCCC(=O)OC(COC(=O)CCCCCCCCCCCCC/C=C\C/C=C\C/C=C\C/C=C\C/C=C\CC)COC(OCC[N+](C)(C)C)C(=O)[O-]. The Morgan fingerprint density at radius 1 is 0.323 bits per heavy atom. The molecule has 9 heteroatoms. The maximum atomic E-state index is 13.0. The molecule has 0 fully saturated rings. The summed E-state index contributed by atoms with van der Waals surface area (Å²) in [5, 5.41) is 11.9. The second-order valence-electron chi connectivity index (χ2n) is 26.9. The highest BCUT2D eigenvalue weighted by Crippen LogP contribution is 2.18. The second kappa shape index (κ2) is 73.5. The zero-order valence-electron chi connectivity index (χ0n) is 61.1. The monoisotopic (exact) mass is 1300 g/mol. The smallest absolute Gasteiger partial charge is 0.306 e. The van der Waals surface area contributed by atoms with Gasteiger partial charge in [0.15, 0.2) is 12.4 Å². The number of aliphatic carboxylic acids is 1. The van der Waals surface area contributed by atoms with Gasteiger partial charge in [-0.15, -0.1) is 0 Å². The molecule has 0 aliphatic heterocycles. The van der Waals surface area contributed by atoms with Crippen molar-refractivity contribution in [3.63, 3.8) is 0 Å². The number of unbranched alkanes of at least 4 members (excludes halogenated alkanes) is 36. The van der Waals surface area contributed by atoms with E-state index < -0.39 is 24.3 Å². The molecule has 2 unspecified atom stereocenters. The van der Waals surface area contributed by atoms with Gasteiger partial charge in [0.05, 0.1) is 40.3 Å². The Morgan fingerprint density at radius 2 is 0.581 bits per heavy atom. The predicted octanol–water partition coefficient (Wildman–Crippen LogP) is 23.4. The molecular formula is C84H145NO8. The van der Waals surface area contributed by atoms with Gasteiger partial charge in [-0.25, -0.2) is 0 Å². The summed E-state index contributed by atoms with van der Waals surface area (Å²) >= 11 is 0. The molecule has 0 aromatic carbocycles. The molecule has 0 aromatic heterocycles. The summed E-state index contributed by atoms with van der Waals surface area (Å²) in [4.78, 5) is 37.6. The molecule has 0 amide bonds. The lowest BCUT2D eigenvalue weighted by molar-refractivity contribution is -0.870. The minimum atomic E-state index is -1.63. The number of likely N-dealkylation sites (N-methyl/N-ethyl adjacent to an activating group) is 1. The molecule has 0 bridgehead atoms. The van der Waals surface area contributed by atoms with Gasteiger partial charge in [-0.3, -0.25) is 9.59 Å². The third-order valence-electron chi connectivity index (χ3n) is 16.7. The summed E-state index contributed by atoms with van der Waals surface area (Å²) in [6.07, 6.45) is 102. The molecular weight excluding hydrogens is 1150 g/mol. The van der Waals surface area contributed by atoms with Crippen molar-refractivity contribution in [3.05, 3.63) is 122 Å². The number of rotatable bonds is 71. The van der Waals surface area contributed by atoms with Crippen LogP contribution < -0.4 is 5.11 Å². The van der Waals surface area contributed by atoms with Crippen LogP contribution in [0.1, 0.15) is 335 Å². The lowest BCUT2D eigenvalue weighted by atomic mass is 10.0. The van der Waals surface area contributed by atoms with Crippen LogP contribution in [0.25, 0.3) is 0 Å². The van der Waals surface area contributed by atoms with Crippen LogP contribution in [-0.2, 0) is 33.3 Å². The average molecular weight is 1300 g/mol. The highest BCUT2D eigenvalue weighted by Gasteiger charge is 2.22. The van der Waals surface area contributed by atoms with Crippen molar-refractivity contribution in [1.29, 1.82) is 0 Å². The molecule has 0 radical (unpaired) electrons. The van der Waals surface area contributed by atoms with Crippen LogP contribution in [0.4, 0.5) is 0 Å². The van der Waals surface area contributed by atoms with Gasteiger partial charge in [0.2, 0.25) is 0 Å². The number of esters is 2. The van der Waals surface area contributed by atoms with Gasteiger partial charge in [0.25, 0.3) is 0 Å². The first-order valence-electron chi connectivity index (χ1n) is 38.7. The van der Waals surface area contributed by atoms with Crippen molar-refractivity contribution in [2.75, 3.05) is 47.5 Å². The number of ether oxygens (including phenoxy) is 4. The Kier molecular flexibility index (Phi) is 70.1. The number of hydrogen-bond acceptors (Lipinski definition) is 8. The molecule has 0 saturated carbocycles. The molecule has 534 valence electrons. The van der Waals surface area contributed by atoms with Crippen molar-refractivity contribution in [3.8, 4) is 0 Å². The topological polar surface area (TPSA) is 111 Å². The van der Waals surface area contributed by atoms with Crippen LogP contribution in [0.2, 0.25) is 0 Å². The van der Waals surface area contributed by atoms with Gasteiger partial charge in [-0.2, -0.15) is 0 Å². The summed E-state index contributed by atoms with van der Waals surface area (Å²) in [6, 6.07) is 0. The minimum Gasteiger partial charge on any atom is -0.545 e. The Labute approximate surface area is 574 Å². The molecule has 0 aliphatic rings. The van der Waals surface area contributed by atoms with E-state index in [1.807, 2.05) is 21.1 Å². The Bertz CT molecular complexity index is 1950. The van der Waals surface area contributed by atoms with Crippen molar-refractivity contribution in [2.45, 2.75) is 347 Å². The lowest BCUT2D eigenvalue weighted by Gasteiger charge is -2.26. The van der Waals surface area contributed by atoms with Crippen molar-refractivity contribution in [2.24, 2.45) is 0 Å². The van der Waals surface area contributed by atoms with Crippen molar-refractivity contribution < 1.29 is 42.9 Å². The number of carbonyl (C=O) groups is 3. The van der Waals surface area contributed by atoms with E-state index in [-0.39, 0.29) is 38.6 Å². The van der Waals surface area contributed by atoms with E-state index in [2.05, 4.69) is 135 Å².